The molecule has 2 radical (unpaired) electrons. The highest BCUT2D eigenvalue weighted by molar-refractivity contribution is 6.33. The van der Waals surface area contributed by atoms with Crippen LogP contribution in [0.2, 0.25) is 0 Å². The molecule has 1 heterocycles. The Bertz CT molecular complexity index is 445. The molecule has 1 atom stereocenters. The standard InChI is InChI=1S/C12H14BNO3/c1-4-17-12(16)8(3)11(15)10-9(13)6-5-7(2)14-10/h5-6,11,15H,3-4H2,1-2H3. The molecule has 0 saturated carbocycles. The summed E-state index contributed by atoms with van der Waals surface area (Å²) in [6.07, 6.45) is -1.24. The fourth-order valence-electron chi connectivity index (χ4n) is 1.31. The van der Waals surface area contributed by atoms with Gasteiger partial charge in [0.05, 0.1) is 17.9 Å². The van der Waals surface area contributed by atoms with E-state index in [0.717, 1.165) is 0 Å². The summed E-state index contributed by atoms with van der Waals surface area (Å²) in [4.78, 5) is 15.5. The molecule has 4 nitrogen and oxygen atoms in total. The highest BCUT2D eigenvalue weighted by Crippen LogP contribution is 2.18. The van der Waals surface area contributed by atoms with E-state index >= 15 is 0 Å². The lowest BCUT2D eigenvalue weighted by atomic mass is 9.90. The Labute approximate surface area is 102 Å². The van der Waals surface area contributed by atoms with Crippen molar-refractivity contribution >= 4 is 19.3 Å². The van der Waals surface area contributed by atoms with Crippen LogP contribution in [-0.2, 0) is 9.53 Å². The van der Waals surface area contributed by atoms with Crippen LogP contribution in [0.1, 0.15) is 24.4 Å². The van der Waals surface area contributed by atoms with Crippen molar-refractivity contribution < 1.29 is 14.6 Å². The number of carbonyl (C=O) groups excluding carboxylic acids is 1. The highest BCUT2D eigenvalue weighted by Gasteiger charge is 2.21. The smallest absolute Gasteiger partial charge is 0.336 e. The van der Waals surface area contributed by atoms with E-state index in [9.17, 15) is 9.90 Å². The zero-order valence-corrected chi connectivity index (χ0v) is 9.93. The number of nitrogens with zero attached hydrogens (tertiary/aromatic N) is 1. The minimum atomic E-state index is -1.24. The van der Waals surface area contributed by atoms with Crippen molar-refractivity contribution in [2.75, 3.05) is 6.61 Å². The number of rotatable bonds is 4. The second kappa shape index (κ2) is 5.64. The zero-order chi connectivity index (χ0) is 13.0. The Morgan fingerprint density at radius 3 is 2.88 bits per heavy atom. The molecule has 0 aliphatic carbocycles. The molecular weight excluding hydrogens is 217 g/mol. The second-order valence-electron chi connectivity index (χ2n) is 3.58. The predicted octanol–water partition coefficient (Wildman–Crippen LogP) is 0.337. The van der Waals surface area contributed by atoms with Crippen LogP contribution in [0.4, 0.5) is 0 Å². The Morgan fingerprint density at radius 1 is 1.65 bits per heavy atom. The summed E-state index contributed by atoms with van der Waals surface area (Å²) in [7, 11) is 5.69. The van der Waals surface area contributed by atoms with Gasteiger partial charge in [0.15, 0.2) is 0 Å². The average Bonchev–Trinajstić information content (AvgIpc) is 2.30. The van der Waals surface area contributed by atoms with Gasteiger partial charge in [-0.25, -0.2) is 4.79 Å². The summed E-state index contributed by atoms with van der Waals surface area (Å²) < 4.78 is 4.75. The number of hydrogen-bond acceptors (Lipinski definition) is 4. The van der Waals surface area contributed by atoms with E-state index < -0.39 is 12.1 Å². The zero-order valence-electron chi connectivity index (χ0n) is 9.93. The lowest BCUT2D eigenvalue weighted by Gasteiger charge is -2.15. The molecule has 1 unspecified atom stereocenters. The number of pyridine rings is 1. The van der Waals surface area contributed by atoms with Gasteiger partial charge in [-0.3, -0.25) is 4.98 Å². The molecule has 0 aliphatic heterocycles. The maximum atomic E-state index is 11.4. The first-order valence-corrected chi connectivity index (χ1v) is 5.24. The molecule has 0 aliphatic rings. The first kappa shape index (κ1) is 13.4. The van der Waals surface area contributed by atoms with Gasteiger partial charge in [-0.15, -0.1) is 0 Å². The molecule has 1 rings (SSSR count). The molecule has 88 valence electrons. The quantitative estimate of drug-likeness (QED) is 0.461. The maximum Gasteiger partial charge on any atom is 0.336 e. The van der Waals surface area contributed by atoms with E-state index in [2.05, 4.69) is 11.6 Å². The van der Waals surface area contributed by atoms with Crippen LogP contribution in [0.3, 0.4) is 0 Å². The van der Waals surface area contributed by atoms with Crippen LogP contribution in [-0.4, -0.2) is 30.5 Å². The van der Waals surface area contributed by atoms with Gasteiger partial charge in [-0.1, -0.05) is 18.1 Å². The van der Waals surface area contributed by atoms with Gasteiger partial charge < -0.3 is 9.84 Å². The highest BCUT2D eigenvalue weighted by atomic mass is 16.5. The van der Waals surface area contributed by atoms with Crippen molar-refractivity contribution in [3.63, 3.8) is 0 Å². The fourth-order valence-corrected chi connectivity index (χ4v) is 1.31. The lowest BCUT2D eigenvalue weighted by molar-refractivity contribution is -0.139. The molecule has 1 aromatic heterocycles. The topological polar surface area (TPSA) is 59.4 Å². The SMILES string of the molecule is [B]c1ccc(C)nc1C(O)C(=C)C(=O)OCC. The van der Waals surface area contributed by atoms with Gasteiger partial charge in [0, 0.05) is 5.69 Å². The fraction of sp³-hybridized carbons (Fsp3) is 0.333. The predicted molar refractivity (Wildman–Crippen MR) is 65.1 cm³/mol. The van der Waals surface area contributed by atoms with E-state index in [0.29, 0.717) is 11.2 Å². The molecule has 5 heteroatoms. The van der Waals surface area contributed by atoms with E-state index in [1.807, 2.05) is 0 Å². The van der Waals surface area contributed by atoms with E-state index in [1.165, 1.54) is 0 Å². The van der Waals surface area contributed by atoms with Gasteiger partial charge in [0.1, 0.15) is 14.0 Å². The van der Waals surface area contributed by atoms with Crippen LogP contribution in [0.25, 0.3) is 0 Å². The molecule has 0 spiro atoms. The second-order valence-corrected chi connectivity index (χ2v) is 3.58. The van der Waals surface area contributed by atoms with Crippen LogP contribution in [0.15, 0.2) is 24.3 Å². The van der Waals surface area contributed by atoms with Crippen molar-refractivity contribution in [2.24, 2.45) is 0 Å². The first-order valence-electron chi connectivity index (χ1n) is 5.24. The summed E-state index contributed by atoms with van der Waals surface area (Å²) in [6, 6.07) is 3.35. The van der Waals surface area contributed by atoms with Crippen molar-refractivity contribution in [3.8, 4) is 0 Å². The summed E-state index contributed by atoms with van der Waals surface area (Å²) >= 11 is 0. The molecule has 17 heavy (non-hydrogen) atoms. The molecule has 0 bridgehead atoms. The van der Waals surface area contributed by atoms with Gasteiger partial charge in [0.2, 0.25) is 0 Å². The minimum Gasteiger partial charge on any atom is -0.463 e. The number of esters is 1. The number of carbonyl (C=O) groups is 1. The number of aromatic nitrogens is 1. The molecule has 1 N–H and O–H groups in total. The number of aliphatic hydroxyl groups is 1. The van der Waals surface area contributed by atoms with Crippen LogP contribution >= 0.6 is 0 Å². The third-order valence-electron chi connectivity index (χ3n) is 2.22. The van der Waals surface area contributed by atoms with E-state index in [4.69, 9.17) is 12.6 Å². The molecule has 0 aromatic carbocycles. The van der Waals surface area contributed by atoms with Gasteiger partial charge in [0.25, 0.3) is 0 Å². The van der Waals surface area contributed by atoms with Gasteiger partial charge in [-0.2, -0.15) is 0 Å². The minimum absolute atomic E-state index is 0.0725. The van der Waals surface area contributed by atoms with Gasteiger partial charge in [-0.05, 0) is 19.9 Å². The Hall–Kier alpha value is -1.62. The van der Waals surface area contributed by atoms with Crippen molar-refractivity contribution in [3.05, 3.63) is 35.7 Å². The first-order chi connectivity index (χ1) is 7.97. The Morgan fingerprint density at radius 2 is 2.29 bits per heavy atom. The molecule has 1 aromatic rings. The normalized spacial score (nSPS) is 11.9. The van der Waals surface area contributed by atoms with Crippen molar-refractivity contribution in [2.45, 2.75) is 20.0 Å². The summed E-state index contributed by atoms with van der Waals surface area (Å²) in [6.45, 7) is 7.17. The Balaban J connectivity index is 2.96. The van der Waals surface area contributed by atoms with Crippen molar-refractivity contribution in [1.82, 2.24) is 4.98 Å². The summed E-state index contributed by atoms with van der Waals surface area (Å²) in [5.74, 6) is -0.650. The molecular formula is C12H14BNO3. The van der Waals surface area contributed by atoms with Crippen LogP contribution in [0.5, 0.6) is 0 Å². The monoisotopic (exact) mass is 231 g/mol. The summed E-state index contributed by atoms with van der Waals surface area (Å²) in [5, 5.41) is 9.95. The van der Waals surface area contributed by atoms with Crippen LogP contribution in [0, 0.1) is 6.92 Å². The molecule has 0 amide bonds. The van der Waals surface area contributed by atoms with Crippen LogP contribution < -0.4 is 5.46 Å². The summed E-state index contributed by atoms with van der Waals surface area (Å²) in [5.41, 5.74) is 1.16. The van der Waals surface area contributed by atoms with E-state index in [-0.39, 0.29) is 17.9 Å². The van der Waals surface area contributed by atoms with E-state index in [1.54, 1.807) is 26.0 Å². The number of aliphatic hydroxyl groups excluding tert-OH is 1. The largest absolute Gasteiger partial charge is 0.463 e. The maximum absolute atomic E-state index is 11.4. The number of ether oxygens (including phenoxy) is 1. The lowest BCUT2D eigenvalue weighted by Crippen LogP contribution is -2.22. The third kappa shape index (κ3) is 3.17. The average molecular weight is 231 g/mol. The number of aryl methyl sites for hydroxylation is 1. The Kier molecular flexibility index (Phi) is 4.46. The van der Waals surface area contributed by atoms with Gasteiger partial charge >= 0.3 is 5.97 Å². The molecule has 0 saturated heterocycles. The number of hydrogen-bond donors (Lipinski definition) is 1. The molecule has 0 fully saturated rings. The van der Waals surface area contributed by atoms with Crippen molar-refractivity contribution in [1.29, 1.82) is 0 Å². The third-order valence-corrected chi connectivity index (χ3v) is 2.22.